The van der Waals surface area contributed by atoms with Crippen LogP contribution in [0.1, 0.15) is 13.8 Å². The van der Waals surface area contributed by atoms with E-state index >= 15 is 0 Å². The van der Waals surface area contributed by atoms with E-state index in [0.717, 1.165) is 5.69 Å². The number of rotatable bonds is 3. The number of carbonyl (C=O) groups is 1. The number of hydrogen-bond donors (Lipinski definition) is 2. The highest BCUT2D eigenvalue weighted by atomic mass is 16.5. The number of likely N-dealkylation sites (N-methyl/N-ethyl adjacent to an activating group) is 1. The average molecular weight is 250 g/mol. The summed E-state index contributed by atoms with van der Waals surface area (Å²) in [5.41, 5.74) is 0.817. The summed E-state index contributed by atoms with van der Waals surface area (Å²) in [6, 6.07) is 5.57. The molecular formula is C13H18N2O3. The second-order valence-corrected chi connectivity index (χ2v) is 5.19. The molecule has 0 aromatic heterocycles. The van der Waals surface area contributed by atoms with Crippen LogP contribution in [0.2, 0.25) is 0 Å². The quantitative estimate of drug-likeness (QED) is 0.847. The molecule has 0 radical (unpaired) electrons. The first-order chi connectivity index (χ1) is 8.35. The van der Waals surface area contributed by atoms with E-state index in [1.54, 1.807) is 13.8 Å². The van der Waals surface area contributed by atoms with Gasteiger partial charge in [-0.1, -0.05) is 0 Å². The van der Waals surface area contributed by atoms with Gasteiger partial charge in [0.25, 0.3) is 5.91 Å². The lowest BCUT2D eigenvalue weighted by Crippen LogP contribution is -2.36. The number of hydrogen-bond acceptors (Lipinski definition) is 4. The van der Waals surface area contributed by atoms with Crippen molar-refractivity contribution in [2.75, 3.05) is 30.4 Å². The number of aliphatic hydroxyl groups is 1. The molecule has 0 spiro atoms. The van der Waals surface area contributed by atoms with E-state index in [2.05, 4.69) is 5.32 Å². The summed E-state index contributed by atoms with van der Waals surface area (Å²) in [6.07, 6.45) is 0. The van der Waals surface area contributed by atoms with Gasteiger partial charge in [-0.3, -0.25) is 4.79 Å². The summed E-state index contributed by atoms with van der Waals surface area (Å²) >= 11 is 0. The van der Waals surface area contributed by atoms with Gasteiger partial charge in [0.05, 0.1) is 11.3 Å². The Morgan fingerprint density at radius 1 is 1.50 bits per heavy atom. The number of amides is 1. The van der Waals surface area contributed by atoms with Crippen LogP contribution >= 0.6 is 0 Å². The molecule has 98 valence electrons. The molecule has 0 atom stereocenters. The summed E-state index contributed by atoms with van der Waals surface area (Å²) < 4.78 is 5.29. The van der Waals surface area contributed by atoms with E-state index < -0.39 is 5.60 Å². The van der Waals surface area contributed by atoms with Crippen LogP contribution < -0.4 is 15.0 Å². The first-order valence-electron chi connectivity index (χ1n) is 5.85. The Morgan fingerprint density at radius 3 is 2.89 bits per heavy atom. The van der Waals surface area contributed by atoms with Gasteiger partial charge in [0, 0.05) is 19.3 Å². The van der Waals surface area contributed by atoms with Gasteiger partial charge in [-0.05, 0) is 32.0 Å². The summed E-state index contributed by atoms with van der Waals surface area (Å²) in [7, 11) is 1.89. The molecule has 5 nitrogen and oxygen atoms in total. The van der Waals surface area contributed by atoms with E-state index in [1.807, 2.05) is 30.1 Å². The number of benzene rings is 1. The standard InChI is InChI=1S/C13H18N2O3/c1-13(2,17)8-15(3)9-4-5-11-10(6-9)14-12(16)7-18-11/h4-6,17H,7-8H2,1-3H3,(H,14,16). The van der Waals surface area contributed by atoms with Gasteiger partial charge in [0.2, 0.25) is 0 Å². The van der Waals surface area contributed by atoms with Crippen LogP contribution in [0.4, 0.5) is 11.4 Å². The Kier molecular flexibility index (Phi) is 3.17. The topological polar surface area (TPSA) is 61.8 Å². The SMILES string of the molecule is CN(CC(C)(C)O)c1ccc2c(c1)NC(=O)CO2. The van der Waals surface area contributed by atoms with Crippen LogP contribution in [0, 0.1) is 0 Å². The Bertz CT molecular complexity index is 466. The lowest BCUT2D eigenvalue weighted by atomic mass is 10.1. The van der Waals surface area contributed by atoms with Gasteiger partial charge in [-0.2, -0.15) is 0 Å². The van der Waals surface area contributed by atoms with E-state index in [9.17, 15) is 9.90 Å². The number of nitrogens with zero attached hydrogens (tertiary/aromatic N) is 1. The zero-order valence-electron chi connectivity index (χ0n) is 10.9. The third-order valence-electron chi connectivity index (χ3n) is 2.66. The van der Waals surface area contributed by atoms with Gasteiger partial charge in [0.1, 0.15) is 5.75 Å². The Morgan fingerprint density at radius 2 is 2.22 bits per heavy atom. The molecule has 0 unspecified atom stereocenters. The fourth-order valence-electron chi connectivity index (χ4n) is 1.98. The third-order valence-corrected chi connectivity index (χ3v) is 2.66. The minimum absolute atomic E-state index is 0.0614. The van der Waals surface area contributed by atoms with Crippen molar-refractivity contribution in [3.63, 3.8) is 0 Å². The van der Waals surface area contributed by atoms with Crippen molar-refractivity contribution in [2.24, 2.45) is 0 Å². The van der Waals surface area contributed by atoms with E-state index in [4.69, 9.17) is 4.74 Å². The molecule has 0 bridgehead atoms. The molecule has 0 fully saturated rings. The second-order valence-electron chi connectivity index (χ2n) is 5.19. The number of nitrogens with one attached hydrogen (secondary N) is 1. The van der Waals surface area contributed by atoms with Crippen LogP contribution in [-0.4, -0.2) is 36.8 Å². The summed E-state index contributed by atoms with van der Waals surface area (Å²) in [5.74, 6) is 0.528. The van der Waals surface area contributed by atoms with Gasteiger partial charge < -0.3 is 20.1 Å². The van der Waals surface area contributed by atoms with Crippen molar-refractivity contribution in [2.45, 2.75) is 19.4 Å². The first-order valence-corrected chi connectivity index (χ1v) is 5.85. The van der Waals surface area contributed by atoms with Gasteiger partial charge in [-0.25, -0.2) is 0 Å². The maximum atomic E-state index is 11.2. The van der Waals surface area contributed by atoms with Crippen LogP contribution in [0.25, 0.3) is 0 Å². The van der Waals surface area contributed by atoms with Crippen LogP contribution in [0.15, 0.2) is 18.2 Å². The minimum Gasteiger partial charge on any atom is -0.482 e. The highest BCUT2D eigenvalue weighted by Gasteiger charge is 2.19. The first kappa shape index (κ1) is 12.7. The molecule has 1 amide bonds. The number of ether oxygens (including phenoxy) is 1. The summed E-state index contributed by atoms with van der Waals surface area (Å²) in [5, 5.41) is 12.6. The van der Waals surface area contributed by atoms with Crippen LogP contribution in [0.3, 0.4) is 0 Å². The fourth-order valence-corrected chi connectivity index (χ4v) is 1.98. The molecule has 1 aliphatic heterocycles. The molecular weight excluding hydrogens is 232 g/mol. The lowest BCUT2D eigenvalue weighted by Gasteiger charge is -2.28. The zero-order valence-corrected chi connectivity index (χ0v) is 10.9. The van der Waals surface area contributed by atoms with Crippen molar-refractivity contribution >= 4 is 17.3 Å². The monoisotopic (exact) mass is 250 g/mol. The van der Waals surface area contributed by atoms with E-state index in [-0.39, 0.29) is 12.5 Å². The third kappa shape index (κ3) is 2.92. The minimum atomic E-state index is -0.773. The predicted octanol–water partition coefficient (Wildman–Crippen LogP) is 1.22. The lowest BCUT2D eigenvalue weighted by molar-refractivity contribution is -0.118. The molecule has 1 aromatic rings. The molecule has 1 heterocycles. The van der Waals surface area contributed by atoms with Gasteiger partial charge in [-0.15, -0.1) is 0 Å². The normalized spacial score (nSPS) is 14.6. The molecule has 2 N–H and O–H groups in total. The number of fused-ring (bicyclic) bond motifs is 1. The molecule has 2 rings (SSSR count). The molecule has 1 aromatic carbocycles. The summed E-state index contributed by atoms with van der Waals surface area (Å²) in [6.45, 7) is 4.08. The molecule has 0 aliphatic carbocycles. The Labute approximate surface area is 106 Å². The van der Waals surface area contributed by atoms with E-state index in [1.165, 1.54) is 0 Å². The highest BCUT2D eigenvalue weighted by molar-refractivity contribution is 5.96. The predicted molar refractivity (Wildman–Crippen MR) is 70.1 cm³/mol. The van der Waals surface area contributed by atoms with Crippen molar-refractivity contribution in [3.8, 4) is 5.75 Å². The van der Waals surface area contributed by atoms with Crippen LogP contribution in [-0.2, 0) is 4.79 Å². The molecule has 5 heteroatoms. The number of carbonyl (C=O) groups excluding carboxylic acids is 1. The van der Waals surface area contributed by atoms with Gasteiger partial charge in [0.15, 0.2) is 6.61 Å². The Balaban J connectivity index is 2.20. The largest absolute Gasteiger partial charge is 0.482 e. The van der Waals surface area contributed by atoms with Crippen molar-refractivity contribution in [3.05, 3.63) is 18.2 Å². The van der Waals surface area contributed by atoms with E-state index in [0.29, 0.717) is 18.0 Å². The summed E-state index contributed by atoms with van der Waals surface area (Å²) in [4.78, 5) is 13.2. The molecule has 0 saturated carbocycles. The maximum Gasteiger partial charge on any atom is 0.262 e. The van der Waals surface area contributed by atoms with Crippen molar-refractivity contribution in [1.29, 1.82) is 0 Å². The average Bonchev–Trinajstić information content (AvgIpc) is 2.25. The van der Waals surface area contributed by atoms with Gasteiger partial charge >= 0.3 is 0 Å². The highest BCUT2D eigenvalue weighted by Crippen LogP contribution is 2.31. The van der Waals surface area contributed by atoms with Crippen molar-refractivity contribution in [1.82, 2.24) is 0 Å². The van der Waals surface area contributed by atoms with Crippen molar-refractivity contribution < 1.29 is 14.6 Å². The fraction of sp³-hybridized carbons (Fsp3) is 0.462. The zero-order chi connectivity index (χ0) is 13.3. The van der Waals surface area contributed by atoms with Crippen LogP contribution in [0.5, 0.6) is 5.75 Å². The number of anilines is 2. The molecule has 18 heavy (non-hydrogen) atoms. The maximum absolute atomic E-state index is 11.2. The second kappa shape index (κ2) is 4.49. The molecule has 0 saturated heterocycles. The smallest absolute Gasteiger partial charge is 0.262 e. The Hall–Kier alpha value is -1.75. The molecule has 1 aliphatic rings.